The summed E-state index contributed by atoms with van der Waals surface area (Å²) in [5, 5.41) is 4.76. The lowest BCUT2D eigenvalue weighted by atomic mass is 10.0. The average Bonchev–Trinajstić information content (AvgIpc) is 3.34. The van der Waals surface area contributed by atoms with Gasteiger partial charge in [-0.25, -0.2) is 4.98 Å². The Morgan fingerprint density at radius 3 is 2.71 bits per heavy atom. The molecule has 3 heterocycles. The lowest BCUT2D eigenvalue weighted by Gasteiger charge is -2.26. The summed E-state index contributed by atoms with van der Waals surface area (Å²) in [6.45, 7) is 6.70. The molecule has 0 bridgehead atoms. The number of rotatable bonds is 4. The Morgan fingerprint density at radius 2 is 2.04 bits per heavy atom. The number of hydrogen-bond donors (Lipinski definition) is 0. The minimum absolute atomic E-state index is 0.0129. The fourth-order valence-electron chi connectivity index (χ4n) is 3.92. The van der Waals surface area contributed by atoms with E-state index < -0.39 is 0 Å². The Kier molecular flexibility index (Phi) is 4.79. The van der Waals surface area contributed by atoms with Gasteiger partial charge in [-0.05, 0) is 49.4 Å². The number of carbonyl (C=O) groups is 1. The fraction of sp³-hybridized carbons (Fsp3) is 0.409. The first-order valence-electron chi connectivity index (χ1n) is 9.71. The molecule has 1 saturated heterocycles. The van der Waals surface area contributed by atoms with Gasteiger partial charge < -0.3 is 14.2 Å². The van der Waals surface area contributed by atoms with E-state index in [0.29, 0.717) is 17.0 Å². The van der Waals surface area contributed by atoms with Crippen molar-refractivity contribution in [3.05, 3.63) is 52.8 Å². The van der Waals surface area contributed by atoms with Crippen LogP contribution in [0.4, 0.5) is 0 Å². The number of aryl methyl sites for hydroxylation is 1. The van der Waals surface area contributed by atoms with Crippen molar-refractivity contribution in [2.75, 3.05) is 13.7 Å². The van der Waals surface area contributed by atoms with Gasteiger partial charge in [0.2, 0.25) is 0 Å². The van der Waals surface area contributed by atoms with Crippen LogP contribution in [0.2, 0.25) is 0 Å². The first kappa shape index (κ1) is 18.5. The summed E-state index contributed by atoms with van der Waals surface area (Å²) < 4.78 is 10.6. The third-order valence-electron chi connectivity index (χ3n) is 5.47. The average molecular weight is 379 g/mol. The van der Waals surface area contributed by atoms with Crippen LogP contribution in [0.25, 0.3) is 11.1 Å². The van der Waals surface area contributed by atoms with Crippen LogP contribution in [-0.2, 0) is 0 Å². The molecule has 1 amide bonds. The van der Waals surface area contributed by atoms with E-state index in [0.717, 1.165) is 41.8 Å². The number of carbonyl (C=O) groups excluding carboxylic acids is 1. The maximum atomic E-state index is 13.6. The van der Waals surface area contributed by atoms with Gasteiger partial charge in [0.05, 0.1) is 29.8 Å². The minimum atomic E-state index is 0.0129. The summed E-state index contributed by atoms with van der Waals surface area (Å²) in [6, 6.07) is 9.94. The molecule has 0 aliphatic carbocycles. The van der Waals surface area contributed by atoms with Gasteiger partial charge in [0.25, 0.3) is 11.6 Å². The number of likely N-dealkylation sites (tertiary alicyclic amines) is 1. The van der Waals surface area contributed by atoms with Crippen molar-refractivity contribution < 1.29 is 14.1 Å². The number of aromatic nitrogens is 2. The molecule has 4 rings (SSSR count). The van der Waals surface area contributed by atoms with Gasteiger partial charge in [-0.15, -0.1) is 0 Å². The van der Waals surface area contributed by atoms with E-state index in [1.165, 1.54) is 0 Å². The minimum Gasteiger partial charge on any atom is -0.497 e. The van der Waals surface area contributed by atoms with Gasteiger partial charge in [0.15, 0.2) is 0 Å². The molecule has 1 aliphatic rings. The van der Waals surface area contributed by atoms with Crippen molar-refractivity contribution in [2.45, 2.75) is 45.6 Å². The Morgan fingerprint density at radius 1 is 1.29 bits per heavy atom. The van der Waals surface area contributed by atoms with Crippen molar-refractivity contribution in [2.24, 2.45) is 0 Å². The first-order chi connectivity index (χ1) is 13.5. The topological polar surface area (TPSA) is 68.5 Å². The van der Waals surface area contributed by atoms with Crippen LogP contribution in [0.3, 0.4) is 0 Å². The number of benzene rings is 1. The quantitative estimate of drug-likeness (QED) is 0.660. The Bertz CT molecular complexity index is 1010. The lowest BCUT2D eigenvalue weighted by Crippen LogP contribution is -2.31. The summed E-state index contributed by atoms with van der Waals surface area (Å²) in [4.78, 5) is 20.1. The van der Waals surface area contributed by atoms with E-state index in [-0.39, 0.29) is 17.9 Å². The number of nitrogens with zero attached hydrogens (tertiary/aromatic N) is 3. The van der Waals surface area contributed by atoms with Gasteiger partial charge in [-0.1, -0.05) is 31.1 Å². The molecule has 0 spiro atoms. The molecular weight excluding hydrogens is 354 g/mol. The molecule has 0 saturated carbocycles. The van der Waals surface area contributed by atoms with E-state index in [1.807, 2.05) is 42.2 Å². The molecule has 1 atom stereocenters. The first-order valence-corrected chi connectivity index (χ1v) is 9.71. The SMILES string of the molecule is COc1ccc(C2CCCN2C(=O)c2cc(C(C)C)nc3onc(C)c23)cc1. The predicted octanol–water partition coefficient (Wildman–Crippen LogP) is 4.64. The van der Waals surface area contributed by atoms with E-state index in [9.17, 15) is 4.79 Å². The summed E-state index contributed by atoms with van der Waals surface area (Å²) in [7, 11) is 1.66. The summed E-state index contributed by atoms with van der Waals surface area (Å²) in [5.74, 6) is 1.02. The molecule has 146 valence electrons. The molecule has 1 fully saturated rings. The fourth-order valence-corrected chi connectivity index (χ4v) is 3.92. The third-order valence-corrected chi connectivity index (χ3v) is 5.47. The second-order valence-electron chi connectivity index (χ2n) is 7.63. The largest absolute Gasteiger partial charge is 0.497 e. The highest BCUT2D eigenvalue weighted by Gasteiger charge is 2.32. The van der Waals surface area contributed by atoms with Gasteiger partial charge in [0.1, 0.15) is 5.75 Å². The van der Waals surface area contributed by atoms with Crippen LogP contribution in [-0.4, -0.2) is 34.6 Å². The molecule has 6 heteroatoms. The Labute approximate surface area is 164 Å². The summed E-state index contributed by atoms with van der Waals surface area (Å²) in [6.07, 6.45) is 1.93. The van der Waals surface area contributed by atoms with Crippen LogP contribution in [0.15, 0.2) is 34.9 Å². The molecule has 0 radical (unpaired) electrons. The number of methoxy groups -OCH3 is 1. The number of amides is 1. The second kappa shape index (κ2) is 7.26. The molecule has 1 aromatic carbocycles. The molecular formula is C22H25N3O3. The zero-order valence-electron chi connectivity index (χ0n) is 16.7. The molecule has 1 aliphatic heterocycles. The second-order valence-corrected chi connectivity index (χ2v) is 7.63. The van der Waals surface area contributed by atoms with Crippen molar-refractivity contribution in [1.29, 1.82) is 0 Å². The third kappa shape index (κ3) is 3.13. The highest BCUT2D eigenvalue weighted by atomic mass is 16.5. The van der Waals surface area contributed by atoms with E-state index >= 15 is 0 Å². The van der Waals surface area contributed by atoms with E-state index in [1.54, 1.807) is 7.11 Å². The van der Waals surface area contributed by atoms with Gasteiger partial charge >= 0.3 is 0 Å². The molecule has 2 aromatic heterocycles. The van der Waals surface area contributed by atoms with Crippen LogP contribution >= 0.6 is 0 Å². The highest BCUT2D eigenvalue weighted by molar-refractivity contribution is 6.06. The zero-order valence-corrected chi connectivity index (χ0v) is 16.7. The van der Waals surface area contributed by atoms with Crippen molar-refractivity contribution >= 4 is 17.0 Å². The monoisotopic (exact) mass is 379 g/mol. The van der Waals surface area contributed by atoms with E-state index in [2.05, 4.69) is 24.0 Å². The van der Waals surface area contributed by atoms with Gasteiger partial charge in [-0.3, -0.25) is 4.79 Å². The number of hydrogen-bond acceptors (Lipinski definition) is 5. The molecule has 3 aromatic rings. The van der Waals surface area contributed by atoms with Crippen LogP contribution in [0.5, 0.6) is 5.75 Å². The van der Waals surface area contributed by atoms with Crippen LogP contribution in [0.1, 0.15) is 66.0 Å². The van der Waals surface area contributed by atoms with Crippen LogP contribution < -0.4 is 4.74 Å². The number of pyridine rings is 1. The number of fused-ring (bicyclic) bond motifs is 1. The highest BCUT2D eigenvalue weighted by Crippen LogP contribution is 2.35. The van der Waals surface area contributed by atoms with Crippen molar-refractivity contribution in [3.8, 4) is 5.75 Å². The maximum Gasteiger partial charge on any atom is 0.259 e. The summed E-state index contributed by atoms with van der Waals surface area (Å²) in [5.41, 5.74) is 3.73. The summed E-state index contributed by atoms with van der Waals surface area (Å²) >= 11 is 0. The molecule has 28 heavy (non-hydrogen) atoms. The van der Waals surface area contributed by atoms with Gasteiger partial charge in [0, 0.05) is 12.2 Å². The normalized spacial score (nSPS) is 16.9. The maximum absolute atomic E-state index is 13.6. The Hall–Kier alpha value is -2.89. The Balaban J connectivity index is 1.74. The number of ether oxygens (including phenoxy) is 1. The molecule has 6 nitrogen and oxygen atoms in total. The molecule has 0 N–H and O–H groups in total. The molecule has 1 unspecified atom stereocenters. The van der Waals surface area contributed by atoms with Gasteiger partial charge in [-0.2, -0.15) is 0 Å². The smallest absolute Gasteiger partial charge is 0.259 e. The van der Waals surface area contributed by atoms with E-state index in [4.69, 9.17) is 9.26 Å². The zero-order chi connectivity index (χ0) is 19.8. The van der Waals surface area contributed by atoms with Crippen molar-refractivity contribution in [3.63, 3.8) is 0 Å². The van der Waals surface area contributed by atoms with Crippen LogP contribution in [0, 0.1) is 6.92 Å². The van der Waals surface area contributed by atoms with Crippen molar-refractivity contribution in [1.82, 2.24) is 15.0 Å². The lowest BCUT2D eigenvalue weighted by molar-refractivity contribution is 0.0737. The standard InChI is InChI=1S/C22H25N3O3/c1-13(2)18-12-17(20-14(3)24-28-21(20)23-18)22(26)25-11-5-6-19(25)15-7-9-16(27-4)10-8-15/h7-10,12-13,19H,5-6,11H2,1-4H3. The predicted molar refractivity (Wildman–Crippen MR) is 107 cm³/mol.